The molecule has 0 unspecified atom stereocenters. The third kappa shape index (κ3) is 5.60. The van der Waals surface area contributed by atoms with Crippen molar-refractivity contribution in [1.82, 2.24) is 4.57 Å². The number of rotatable bonds is 8. The molecule has 0 aliphatic rings. The van der Waals surface area contributed by atoms with E-state index in [0.29, 0.717) is 10.0 Å². The molecule has 0 amide bonds. The van der Waals surface area contributed by atoms with Crippen LogP contribution in [0.15, 0.2) is 28.6 Å². The molecular weight excluding hydrogens is 451 g/mol. The molecule has 2 rings (SSSR count). The number of benzene rings is 1. The Kier molecular flexibility index (Phi) is 9.95. The fraction of sp³-hybridized carbons (Fsp3) is 0.550. The first kappa shape index (κ1) is 23.7. The Morgan fingerprint density at radius 1 is 1.08 bits per heavy atom. The van der Waals surface area contributed by atoms with Crippen LogP contribution in [-0.4, -0.2) is 11.1 Å². The predicted molar refractivity (Wildman–Crippen MR) is 121 cm³/mol. The molecule has 0 saturated heterocycles. The van der Waals surface area contributed by atoms with E-state index in [9.17, 15) is 0 Å². The smallest absolute Gasteiger partial charge is 0.184 e. The molecule has 146 valence electrons. The average molecular weight is 480 g/mol. The van der Waals surface area contributed by atoms with E-state index in [0.717, 1.165) is 30.7 Å². The fourth-order valence-corrected chi connectivity index (χ4v) is 4.26. The van der Waals surface area contributed by atoms with Crippen LogP contribution in [0, 0.1) is 0 Å². The zero-order chi connectivity index (χ0) is 18.4. The molecule has 0 spiro atoms. The van der Waals surface area contributed by atoms with Gasteiger partial charge < -0.3 is 4.57 Å². The number of nitrogens with zero attached hydrogens (tertiary/aromatic N) is 2. The maximum absolute atomic E-state index is 6.27. The van der Waals surface area contributed by atoms with E-state index < -0.39 is 0 Å². The monoisotopic (exact) mass is 478 g/mol. The Labute approximate surface area is 182 Å². The summed E-state index contributed by atoms with van der Waals surface area (Å²) in [5, 5.41) is 3.46. The van der Waals surface area contributed by atoms with E-state index in [1.54, 1.807) is 11.3 Å². The second-order valence-corrected chi connectivity index (χ2v) is 8.55. The summed E-state index contributed by atoms with van der Waals surface area (Å²) in [4.78, 5) is 5.97. The van der Waals surface area contributed by atoms with Gasteiger partial charge >= 0.3 is 0 Å². The molecule has 0 N–H and O–H groups in total. The largest absolute Gasteiger partial charge is 0.320 e. The summed E-state index contributed by atoms with van der Waals surface area (Å²) >= 11 is 14.1. The van der Waals surface area contributed by atoms with Gasteiger partial charge in [-0.25, -0.2) is 0 Å². The zero-order valence-electron chi connectivity index (χ0n) is 16.0. The van der Waals surface area contributed by atoms with Gasteiger partial charge in [-0.05, 0) is 30.5 Å². The van der Waals surface area contributed by atoms with Crippen molar-refractivity contribution in [2.75, 3.05) is 6.54 Å². The van der Waals surface area contributed by atoms with Crippen LogP contribution in [0.5, 0.6) is 0 Å². The molecule has 2 aromatic rings. The quantitative estimate of drug-likeness (QED) is 0.354. The maximum atomic E-state index is 6.27. The lowest BCUT2D eigenvalue weighted by molar-refractivity contribution is 0.519. The van der Waals surface area contributed by atoms with Gasteiger partial charge in [0.25, 0.3) is 0 Å². The molecule has 1 aromatic heterocycles. The number of thiazole rings is 1. The Morgan fingerprint density at radius 3 is 2.38 bits per heavy atom. The van der Waals surface area contributed by atoms with Gasteiger partial charge in [0.15, 0.2) is 4.80 Å². The average Bonchev–Trinajstić information content (AvgIpc) is 2.99. The van der Waals surface area contributed by atoms with Crippen LogP contribution in [0.4, 0.5) is 0 Å². The van der Waals surface area contributed by atoms with Crippen molar-refractivity contribution in [3.05, 3.63) is 49.7 Å². The first-order valence-corrected chi connectivity index (χ1v) is 10.7. The molecule has 1 heterocycles. The highest BCUT2D eigenvalue weighted by Crippen LogP contribution is 2.35. The topological polar surface area (TPSA) is 17.3 Å². The summed E-state index contributed by atoms with van der Waals surface area (Å²) in [6.07, 6.45) is 4.63. The van der Waals surface area contributed by atoms with Gasteiger partial charge in [-0.15, -0.1) is 28.3 Å². The second-order valence-electron chi connectivity index (χ2n) is 6.90. The van der Waals surface area contributed by atoms with E-state index in [2.05, 4.69) is 43.7 Å². The minimum absolute atomic E-state index is 0. The van der Waals surface area contributed by atoms with Crippen molar-refractivity contribution in [2.24, 2.45) is 4.99 Å². The van der Waals surface area contributed by atoms with Crippen LogP contribution in [0.2, 0.25) is 10.0 Å². The summed E-state index contributed by atoms with van der Waals surface area (Å²) in [7, 11) is 0. The molecule has 0 atom stereocenters. The molecule has 26 heavy (non-hydrogen) atoms. The van der Waals surface area contributed by atoms with Crippen LogP contribution < -0.4 is 4.80 Å². The van der Waals surface area contributed by atoms with Gasteiger partial charge in [-0.1, -0.05) is 69.8 Å². The third-order valence-corrected chi connectivity index (χ3v) is 6.21. The van der Waals surface area contributed by atoms with E-state index in [1.807, 2.05) is 12.1 Å². The van der Waals surface area contributed by atoms with Crippen molar-refractivity contribution in [3.8, 4) is 0 Å². The Bertz CT molecular complexity index is 765. The van der Waals surface area contributed by atoms with Gasteiger partial charge in [0.1, 0.15) is 0 Å². The lowest BCUT2D eigenvalue weighted by Crippen LogP contribution is -2.28. The highest BCUT2D eigenvalue weighted by Gasteiger charge is 2.28. The molecule has 0 aliphatic heterocycles. The molecule has 0 fully saturated rings. The minimum atomic E-state index is -0.156. The van der Waals surface area contributed by atoms with Gasteiger partial charge in [0.2, 0.25) is 0 Å². The molecule has 0 radical (unpaired) electrons. The van der Waals surface area contributed by atoms with Gasteiger partial charge in [0.05, 0.1) is 10.0 Å². The normalized spacial score (nSPS) is 12.3. The summed E-state index contributed by atoms with van der Waals surface area (Å²) in [6, 6.07) is 5.94. The van der Waals surface area contributed by atoms with E-state index in [4.69, 9.17) is 28.2 Å². The van der Waals surface area contributed by atoms with Crippen LogP contribution >= 0.6 is 51.5 Å². The Balaban J connectivity index is 0.00000338. The van der Waals surface area contributed by atoms with Crippen molar-refractivity contribution in [2.45, 2.75) is 65.3 Å². The number of hydrogen-bond donors (Lipinski definition) is 0. The maximum Gasteiger partial charge on any atom is 0.184 e. The second kappa shape index (κ2) is 10.9. The fourth-order valence-electron chi connectivity index (χ4n) is 2.84. The third-order valence-electron chi connectivity index (χ3n) is 4.57. The van der Waals surface area contributed by atoms with E-state index in [-0.39, 0.29) is 22.4 Å². The molecular formula is C20H29BrCl2N2S. The summed E-state index contributed by atoms with van der Waals surface area (Å²) in [5.41, 5.74) is 2.31. The Hall–Kier alpha value is -0.290. The van der Waals surface area contributed by atoms with Crippen LogP contribution in [0.1, 0.15) is 64.6 Å². The van der Waals surface area contributed by atoms with Crippen LogP contribution in [-0.2, 0) is 12.0 Å². The number of aromatic nitrogens is 1. The Morgan fingerprint density at radius 2 is 1.77 bits per heavy atom. The van der Waals surface area contributed by atoms with Crippen molar-refractivity contribution >= 4 is 51.5 Å². The van der Waals surface area contributed by atoms with Gasteiger partial charge in [-0.2, -0.15) is 0 Å². The lowest BCUT2D eigenvalue weighted by atomic mass is 9.82. The molecule has 0 aliphatic carbocycles. The number of halogens is 3. The SMILES string of the molecule is Br.CCCC/N=c1/scc(C(C)(C)c2ccc(Cl)c(Cl)c2)n1CCCC. The van der Waals surface area contributed by atoms with Crippen molar-refractivity contribution < 1.29 is 0 Å². The van der Waals surface area contributed by atoms with E-state index in [1.165, 1.54) is 24.1 Å². The number of unbranched alkanes of at least 4 members (excludes halogenated alkanes) is 2. The molecule has 1 aromatic carbocycles. The van der Waals surface area contributed by atoms with Crippen LogP contribution in [0.25, 0.3) is 0 Å². The van der Waals surface area contributed by atoms with Gasteiger partial charge in [-0.3, -0.25) is 4.99 Å². The van der Waals surface area contributed by atoms with Crippen molar-refractivity contribution in [1.29, 1.82) is 0 Å². The summed E-state index contributed by atoms with van der Waals surface area (Å²) < 4.78 is 2.40. The highest BCUT2D eigenvalue weighted by atomic mass is 79.9. The summed E-state index contributed by atoms with van der Waals surface area (Å²) in [6.45, 7) is 10.8. The minimum Gasteiger partial charge on any atom is -0.320 e. The van der Waals surface area contributed by atoms with E-state index >= 15 is 0 Å². The van der Waals surface area contributed by atoms with Crippen LogP contribution in [0.3, 0.4) is 0 Å². The predicted octanol–water partition coefficient (Wildman–Crippen LogP) is 7.26. The summed E-state index contributed by atoms with van der Waals surface area (Å²) in [5.74, 6) is 0. The lowest BCUT2D eigenvalue weighted by Gasteiger charge is -2.27. The first-order chi connectivity index (χ1) is 11.9. The first-order valence-electron chi connectivity index (χ1n) is 9.06. The van der Waals surface area contributed by atoms with Crippen molar-refractivity contribution in [3.63, 3.8) is 0 Å². The van der Waals surface area contributed by atoms with Gasteiger partial charge in [0, 0.05) is 29.6 Å². The molecule has 0 saturated carbocycles. The zero-order valence-corrected chi connectivity index (χ0v) is 20.1. The number of hydrogen-bond acceptors (Lipinski definition) is 2. The molecule has 6 heteroatoms. The molecule has 0 bridgehead atoms. The standard InChI is InChI=1S/C20H28Cl2N2S.BrH/c1-5-7-11-23-19-24(12-8-6-2)18(14-25-19)20(3,4)15-9-10-16(21)17(22)13-15;/h9-10,13-14H,5-8,11-12H2,1-4H3;1H/b23-19+;. The molecule has 2 nitrogen and oxygen atoms in total. The highest BCUT2D eigenvalue weighted by molar-refractivity contribution is 8.93.